The average molecular weight is 631 g/mol. The molecule has 0 aliphatic heterocycles. The van der Waals surface area contributed by atoms with E-state index in [4.69, 9.17) is 0 Å². The van der Waals surface area contributed by atoms with Crippen LogP contribution < -0.4 is 0 Å². The van der Waals surface area contributed by atoms with Gasteiger partial charge in [-0.05, 0) is 114 Å². The fourth-order valence-electron chi connectivity index (χ4n) is 8.95. The van der Waals surface area contributed by atoms with E-state index >= 15 is 0 Å². The molecule has 0 aliphatic rings. The van der Waals surface area contributed by atoms with E-state index in [0.717, 1.165) is 0 Å². The third-order valence-electron chi connectivity index (χ3n) is 11.0. The molecule has 0 aromatic heterocycles. The average Bonchev–Trinajstić information content (AvgIpc) is 3.19. The highest BCUT2D eigenvalue weighted by Crippen LogP contribution is 2.49. The van der Waals surface area contributed by atoms with Gasteiger partial charge in [0.25, 0.3) is 0 Å². The summed E-state index contributed by atoms with van der Waals surface area (Å²) in [7, 11) is 0. The maximum atomic E-state index is 2.49. The summed E-state index contributed by atoms with van der Waals surface area (Å²) in [5.41, 5.74) is 5.14. The van der Waals surface area contributed by atoms with E-state index in [9.17, 15) is 0 Å². The number of benzene rings is 11. The van der Waals surface area contributed by atoms with Gasteiger partial charge in [-0.3, -0.25) is 0 Å². The van der Waals surface area contributed by atoms with Crippen molar-refractivity contribution in [3.05, 3.63) is 182 Å². The number of hydrogen-bond acceptors (Lipinski definition) is 0. The molecule has 0 nitrogen and oxygen atoms in total. The maximum absolute atomic E-state index is 2.49. The van der Waals surface area contributed by atoms with Crippen LogP contribution in [0, 0.1) is 0 Å². The molecule has 0 saturated carbocycles. The third-order valence-corrected chi connectivity index (χ3v) is 11.0. The predicted octanol–water partition coefficient (Wildman–Crippen LogP) is 14.2. The van der Waals surface area contributed by atoms with Gasteiger partial charge in [-0.25, -0.2) is 0 Å². The van der Waals surface area contributed by atoms with E-state index in [1.54, 1.807) is 0 Å². The first kappa shape index (κ1) is 27.5. The van der Waals surface area contributed by atoms with Crippen molar-refractivity contribution >= 4 is 86.2 Å². The minimum Gasteiger partial charge on any atom is -0.0616 e. The van der Waals surface area contributed by atoms with Gasteiger partial charge >= 0.3 is 0 Å². The second-order valence-electron chi connectivity index (χ2n) is 13.5. The highest BCUT2D eigenvalue weighted by atomic mass is 14.2. The SMILES string of the molecule is c1ccc2c(c1)ccc1cccc(-c3c4ccccc4c(-c4cc5c6ccccc6c6ccccc6c5c5ccccc45)c4ccccc34)c12. The van der Waals surface area contributed by atoms with Gasteiger partial charge in [0.05, 0.1) is 0 Å². The highest BCUT2D eigenvalue weighted by molar-refractivity contribution is 6.35. The maximum Gasteiger partial charge on any atom is -0.00199 e. The molecule has 0 heterocycles. The number of fused-ring (bicyclic) bond motifs is 13. The van der Waals surface area contributed by atoms with Crippen molar-refractivity contribution in [1.82, 2.24) is 0 Å². The van der Waals surface area contributed by atoms with E-state index in [2.05, 4.69) is 182 Å². The van der Waals surface area contributed by atoms with Crippen LogP contribution in [0.25, 0.3) is 108 Å². The van der Waals surface area contributed by atoms with Crippen molar-refractivity contribution in [2.45, 2.75) is 0 Å². The van der Waals surface area contributed by atoms with Gasteiger partial charge in [-0.2, -0.15) is 0 Å². The molecule has 50 heavy (non-hydrogen) atoms. The summed E-state index contributed by atoms with van der Waals surface area (Å²) in [6, 6.07) is 67.6. The number of hydrogen-bond donors (Lipinski definition) is 0. The molecular weight excluding hydrogens is 601 g/mol. The topological polar surface area (TPSA) is 0 Å². The van der Waals surface area contributed by atoms with Crippen LogP contribution in [0.2, 0.25) is 0 Å². The van der Waals surface area contributed by atoms with Gasteiger partial charge in [0.2, 0.25) is 0 Å². The summed E-state index contributed by atoms with van der Waals surface area (Å²) in [5, 5.41) is 20.6. The van der Waals surface area contributed by atoms with Gasteiger partial charge in [0, 0.05) is 0 Å². The lowest BCUT2D eigenvalue weighted by Crippen LogP contribution is -1.94. The first-order valence-corrected chi connectivity index (χ1v) is 17.4. The van der Waals surface area contributed by atoms with E-state index in [1.165, 1.54) is 108 Å². The van der Waals surface area contributed by atoms with Crippen molar-refractivity contribution in [2.24, 2.45) is 0 Å². The molecule has 0 N–H and O–H groups in total. The Morgan fingerprint density at radius 1 is 0.200 bits per heavy atom. The standard InChI is InChI=1S/C50H30/c1-2-16-33-31(14-1)28-29-32-15-13-27-44(47(32)33)48-40-23-9-11-25-42(40)50(43-26-12-10-24-41(43)48)46-30-45-36-19-4-3-17-34(36)35-18-5-7-21-38(35)49(45)39-22-8-6-20-37(39)46/h1-30H. The molecule has 0 amide bonds. The molecule has 230 valence electrons. The lowest BCUT2D eigenvalue weighted by molar-refractivity contribution is 1.70. The molecular formula is C50H30. The smallest absolute Gasteiger partial charge is 0.00199 e. The molecule has 11 rings (SSSR count). The normalized spacial score (nSPS) is 12.0. The summed E-state index contributed by atoms with van der Waals surface area (Å²) in [4.78, 5) is 0. The molecule has 0 radical (unpaired) electrons. The zero-order chi connectivity index (χ0) is 32.8. The summed E-state index contributed by atoms with van der Waals surface area (Å²) in [5.74, 6) is 0. The molecule has 11 aromatic carbocycles. The van der Waals surface area contributed by atoms with Crippen molar-refractivity contribution in [3.8, 4) is 22.3 Å². The van der Waals surface area contributed by atoms with Gasteiger partial charge < -0.3 is 0 Å². The lowest BCUT2D eigenvalue weighted by atomic mass is 9.81. The Morgan fingerprint density at radius 2 is 0.600 bits per heavy atom. The van der Waals surface area contributed by atoms with Crippen molar-refractivity contribution in [3.63, 3.8) is 0 Å². The second kappa shape index (κ2) is 10.5. The third kappa shape index (κ3) is 3.76. The quantitative estimate of drug-likeness (QED) is 0.132. The molecule has 0 spiro atoms. The minimum absolute atomic E-state index is 1.26. The summed E-state index contributed by atoms with van der Waals surface area (Å²) in [6.07, 6.45) is 0. The van der Waals surface area contributed by atoms with Crippen LogP contribution in [0.4, 0.5) is 0 Å². The first-order valence-electron chi connectivity index (χ1n) is 17.4. The second-order valence-corrected chi connectivity index (χ2v) is 13.5. The van der Waals surface area contributed by atoms with E-state index < -0.39 is 0 Å². The molecule has 0 atom stereocenters. The minimum atomic E-state index is 1.26. The van der Waals surface area contributed by atoms with Crippen LogP contribution in [0.5, 0.6) is 0 Å². The van der Waals surface area contributed by atoms with Crippen molar-refractivity contribution in [2.75, 3.05) is 0 Å². The Hall–Kier alpha value is -6.50. The molecule has 0 bridgehead atoms. The molecule has 0 aliphatic carbocycles. The van der Waals surface area contributed by atoms with Crippen LogP contribution in [0.3, 0.4) is 0 Å². The zero-order valence-corrected chi connectivity index (χ0v) is 27.3. The van der Waals surface area contributed by atoms with Crippen LogP contribution >= 0.6 is 0 Å². The monoisotopic (exact) mass is 630 g/mol. The Kier molecular flexibility index (Phi) is 5.76. The van der Waals surface area contributed by atoms with Crippen LogP contribution in [0.1, 0.15) is 0 Å². The fraction of sp³-hybridized carbons (Fsp3) is 0. The van der Waals surface area contributed by atoms with Crippen molar-refractivity contribution in [1.29, 1.82) is 0 Å². The van der Waals surface area contributed by atoms with E-state index in [0.29, 0.717) is 0 Å². The highest BCUT2D eigenvalue weighted by Gasteiger charge is 2.21. The molecule has 0 saturated heterocycles. The van der Waals surface area contributed by atoms with Gasteiger partial charge in [0.15, 0.2) is 0 Å². The molecule has 0 heteroatoms. The Balaban J connectivity index is 1.35. The van der Waals surface area contributed by atoms with E-state index in [1.807, 2.05) is 0 Å². The molecule has 11 aromatic rings. The Bertz CT molecular complexity index is 3140. The molecule has 0 unspecified atom stereocenters. The van der Waals surface area contributed by atoms with Gasteiger partial charge in [0.1, 0.15) is 0 Å². The van der Waals surface area contributed by atoms with Gasteiger partial charge in [-0.1, -0.05) is 176 Å². The summed E-state index contributed by atoms with van der Waals surface area (Å²) in [6.45, 7) is 0. The van der Waals surface area contributed by atoms with Crippen LogP contribution in [-0.4, -0.2) is 0 Å². The molecule has 0 fully saturated rings. The van der Waals surface area contributed by atoms with Crippen LogP contribution in [-0.2, 0) is 0 Å². The Morgan fingerprint density at radius 3 is 1.22 bits per heavy atom. The number of rotatable bonds is 2. The predicted molar refractivity (Wildman–Crippen MR) is 217 cm³/mol. The van der Waals surface area contributed by atoms with Crippen LogP contribution in [0.15, 0.2) is 182 Å². The fourth-order valence-corrected chi connectivity index (χ4v) is 8.95. The largest absolute Gasteiger partial charge is 0.0616 e. The first-order chi connectivity index (χ1) is 24.8. The van der Waals surface area contributed by atoms with Gasteiger partial charge in [-0.15, -0.1) is 0 Å². The van der Waals surface area contributed by atoms with Crippen molar-refractivity contribution < 1.29 is 0 Å². The summed E-state index contributed by atoms with van der Waals surface area (Å²) >= 11 is 0. The zero-order valence-electron chi connectivity index (χ0n) is 27.3. The lowest BCUT2D eigenvalue weighted by Gasteiger charge is -2.21. The summed E-state index contributed by atoms with van der Waals surface area (Å²) < 4.78 is 0. The van der Waals surface area contributed by atoms with E-state index in [-0.39, 0.29) is 0 Å². The Labute approximate surface area is 289 Å².